The van der Waals surface area contributed by atoms with Crippen LogP contribution in [-0.2, 0) is 9.53 Å². The van der Waals surface area contributed by atoms with E-state index >= 15 is 0 Å². The van der Waals surface area contributed by atoms with Crippen LogP contribution in [0.3, 0.4) is 0 Å². The largest absolute Gasteiger partial charge is 0.480 e. The molecule has 0 radical (unpaired) electrons. The van der Waals surface area contributed by atoms with Gasteiger partial charge in [-0.05, 0) is 45.7 Å². The smallest absolute Gasteiger partial charge is 0.323 e. The van der Waals surface area contributed by atoms with E-state index in [1.807, 2.05) is 6.92 Å². The maximum Gasteiger partial charge on any atom is 0.323 e. The minimum Gasteiger partial charge on any atom is -0.480 e. The van der Waals surface area contributed by atoms with E-state index in [9.17, 15) is 9.90 Å². The van der Waals surface area contributed by atoms with E-state index in [2.05, 4.69) is 4.90 Å². The van der Waals surface area contributed by atoms with Crippen LogP contribution in [0.15, 0.2) is 0 Å². The third kappa shape index (κ3) is 2.55. The molecular formula is C12H21NO3. The fraction of sp³-hybridized carbons (Fsp3) is 0.917. The lowest BCUT2D eigenvalue weighted by atomic mass is 10.0. The van der Waals surface area contributed by atoms with Crippen LogP contribution >= 0.6 is 0 Å². The summed E-state index contributed by atoms with van der Waals surface area (Å²) in [5.41, 5.74) is 0. The molecule has 0 saturated carbocycles. The van der Waals surface area contributed by atoms with Gasteiger partial charge in [0.05, 0.1) is 12.2 Å². The first-order chi connectivity index (χ1) is 7.68. The number of aliphatic carboxylic acids is 1. The molecule has 92 valence electrons. The minimum atomic E-state index is -0.721. The third-order valence-electron chi connectivity index (χ3n) is 3.65. The third-order valence-corrected chi connectivity index (χ3v) is 3.65. The lowest BCUT2D eigenvalue weighted by Gasteiger charge is -2.34. The Bertz CT molecular complexity index is 246. The highest BCUT2D eigenvalue weighted by atomic mass is 16.5. The highest BCUT2D eigenvalue weighted by Gasteiger charge is 2.38. The number of piperidine rings is 1. The van der Waals surface area contributed by atoms with Gasteiger partial charge >= 0.3 is 5.97 Å². The zero-order valence-electron chi connectivity index (χ0n) is 9.89. The highest BCUT2D eigenvalue weighted by molar-refractivity contribution is 5.74. The van der Waals surface area contributed by atoms with E-state index in [0.29, 0.717) is 0 Å². The number of nitrogens with zero attached hydrogens (tertiary/aromatic N) is 1. The van der Waals surface area contributed by atoms with Gasteiger partial charge in [0.25, 0.3) is 0 Å². The fourth-order valence-corrected chi connectivity index (χ4v) is 2.81. The predicted octanol–water partition coefficient (Wildman–Crippen LogP) is 1.49. The second-order valence-corrected chi connectivity index (χ2v) is 4.94. The summed E-state index contributed by atoms with van der Waals surface area (Å²) < 4.78 is 5.72. The van der Waals surface area contributed by atoms with Gasteiger partial charge in [0, 0.05) is 0 Å². The maximum absolute atomic E-state index is 11.4. The molecule has 2 rings (SSSR count). The second-order valence-electron chi connectivity index (χ2n) is 4.94. The van der Waals surface area contributed by atoms with Crippen molar-refractivity contribution in [1.29, 1.82) is 0 Å². The molecule has 0 aromatic heterocycles. The SMILES string of the molecule is CC1CCC(C(C(=O)O)N2CCCCC2)O1. The van der Waals surface area contributed by atoms with Crippen LogP contribution in [0, 0.1) is 0 Å². The van der Waals surface area contributed by atoms with E-state index in [-0.39, 0.29) is 12.2 Å². The van der Waals surface area contributed by atoms with Crippen LogP contribution in [0.2, 0.25) is 0 Å². The minimum absolute atomic E-state index is 0.106. The Kier molecular flexibility index (Phi) is 3.82. The zero-order valence-corrected chi connectivity index (χ0v) is 9.89. The van der Waals surface area contributed by atoms with Gasteiger partial charge < -0.3 is 9.84 Å². The molecule has 0 aromatic carbocycles. The van der Waals surface area contributed by atoms with Crippen LogP contribution in [0.1, 0.15) is 39.0 Å². The van der Waals surface area contributed by atoms with Crippen molar-refractivity contribution >= 4 is 5.97 Å². The molecule has 16 heavy (non-hydrogen) atoms. The van der Waals surface area contributed by atoms with Crippen molar-refractivity contribution in [1.82, 2.24) is 4.90 Å². The number of rotatable bonds is 3. The summed E-state index contributed by atoms with van der Waals surface area (Å²) >= 11 is 0. The summed E-state index contributed by atoms with van der Waals surface area (Å²) in [6.07, 6.45) is 5.45. The molecule has 4 nitrogen and oxygen atoms in total. The lowest BCUT2D eigenvalue weighted by Crippen LogP contribution is -2.50. The molecule has 0 aromatic rings. The number of hydrogen-bond donors (Lipinski definition) is 1. The Morgan fingerprint density at radius 3 is 2.50 bits per heavy atom. The van der Waals surface area contributed by atoms with E-state index in [4.69, 9.17) is 4.74 Å². The van der Waals surface area contributed by atoms with Gasteiger partial charge in [0.15, 0.2) is 0 Å². The number of hydrogen-bond acceptors (Lipinski definition) is 3. The number of carbonyl (C=O) groups is 1. The van der Waals surface area contributed by atoms with Crippen molar-refractivity contribution in [3.05, 3.63) is 0 Å². The average molecular weight is 227 g/mol. The van der Waals surface area contributed by atoms with Crippen molar-refractivity contribution in [3.63, 3.8) is 0 Å². The van der Waals surface area contributed by atoms with Gasteiger partial charge in [-0.15, -0.1) is 0 Å². The van der Waals surface area contributed by atoms with Crippen molar-refractivity contribution in [2.75, 3.05) is 13.1 Å². The molecule has 3 unspecified atom stereocenters. The molecule has 2 aliphatic heterocycles. The molecule has 3 atom stereocenters. The highest BCUT2D eigenvalue weighted by Crippen LogP contribution is 2.26. The normalized spacial score (nSPS) is 33.8. The van der Waals surface area contributed by atoms with E-state index < -0.39 is 12.0 Å². The summed E-state index contributed by atoms with van der Waals surface area (Å²) in [5.74, 6) is -0.721. The summed E-state index contributed by atoms with van der Waals surface area (Å²) in [5, 5.41) is 9.35. The Morgan fingerprint density at radius 2 is 2.00 bits per heavy atom. The summed E-state index contributed by atoms with van der Waals surface area (Å²) in [6, 6.07) is -0.426. The molecule has 1 N–H and O–H groups in total. The van der Waals surface area contributed by atoms with Gasteiger partial charge in [0.2, 0.25) is 0 Å². The van der Waals surface area contributed by atoms with Crippen molar-refractivity contribution < 1.29 is 14.6 Å². The number of likely N-dealkylation sites (tertiary alicyclic amines) is 1. The molecule has 2 saturated heterocycles. The number of carboxylic acid groups (broad SMARTS) is 1. The number of ether oxygens (including phenoxy) is 1. The van der Waals surface area contributed by atoms with Crippen molar-refractivity contribution in [2.24, 2.45) is 0 Å². The van der Waals surface area contributed by atoms with Crippen LogP contribution in [-0.4, -0.2) is 47.3 Å². The second kappa shape index (κ2) is 5.15. The Morgan fingerprint density at radius 1 is 1.31 bits per heavy atom. The predicted molar refractivity (Wildman–Crippen MR) is 60.4 cm³/mol. The van der Waals surface area contributed by atoms with E-state index in [1.54, 1.807) is 0 Å². The fourth-order valence-electron chi connectivity index (χ4n) is 2.81. The van der Waals surface area contributed by atoms with Gasteiger partial charge in [-0.1, -0.05) is 6.42 Å². The topological polar surface area (TPSA) is 49.8 Å². The summed E-state index contributed by atoms with van der Waals surface area (Å²) in [7, 11) is 0. The molecule has 4 heteroatoms. The first kappa shape index (κ1) is 11.9. The summed E-state index contributed by atoms with van der Waals surface area (Å²) in [6.45, 7) is 3.84. The Labute approximate surface area is 96.6 Å². The van der Waals surface area contributed by atoms with E-state index in [1.165, 1.54) is 6.42 Å². The monoisotopic (exact) mass is 227 g/mol. The van der Waals surface area contributed by atoms with Gasteiger partial charge in [-0.25, -0.2) is 0 Å². The molecule has 0 spiro atoms. The Hall–Kier alpha value is -0.610. The molecule has 2 fully saturated rings. The van der Waals surface area contributed by atoms with Crippen LogP contribution in [0.25, 0.3) is 0 Å². The first-order valence-electron chi connectivity index (χ1n) is 6.31. The molecule has 0 amide bonds. The first-order valence-corrected chi connectivity index (χ1v) is 6.31. The molecule has 2 heterocycles. The average Bonchev–Trinajstić information content (AvgIpc) is 2.66. The van der Waals surface area contributed by atoms with Gasteiger partial charge in [-0.2, -0.15) is 0 Å². The van der Waals surface area contributed by atoms with Gasteiger partial charge in [-0.3, -0.25) is 9.69 Å². The standard InChI is InChI=1S/C12H21NO3/c1-9-5-6-10(16-9)11(12(14)15)13-7-3-2-4-8-13/h9-11H,2-8H2,1H3,(H,14,15). The molecular weight excluding hydrogens is 206 g/mol. The molecule has 0 bridgehead atoms. The number of carboxylic acids is 1. The maximum atomic E-state index is 11.4. The van der Waals surface area contributed by atoms with Gasteiger partial charge in [0.1, 0.15) is 6.04 Å². The zero-order chi connectivity index (χ0) is 11.5. The van der Waals surface area contributed by atoms with Crippen LogP contribution in [0.4, 0.5) is 0 Å². The van der Waals surface area contributed by atoms with Crippen molar-refractivity contribution in [3.8, 4) is 0 Å². The van der Waals surface area contributed by atoms with Crippen LogP contribution < -0.4 is 0 Å². The Balaban J connectivity index is 2.01. The molecule has 2 aliphatic rings. The van der Waals surface area contributed by atoms with Crippen molar-refractivity contribution in [2.45, 2.75) is 57.3 Å². The van der Waals surface area contributed by atoms with Crippen LogP contribution in [0.5, 0.6) is 0 Å². The summed E-state index contributed by atoms with van der Waals surface area (Å²) in [4.78, 5) is 13.5. The van der Waals surface area contributed by atoms with E-state index in [0.717, 1.165) is 38.8 Å². The lowest BCUT2D eigenvalue weighted by molar-refractivity contribution is -0.150. The molecule has 0 aliphatic carbocycles. The quantitative estimate of drug-likeness (QED) is 0.793.